The Kier molecular flexibility index (Phi) is 3.78. The molecule has 0 radical (unpaired) electrons. The number of hydrogen-bond donors (Lipinski definition) is 1. The molecule has 2 heteroatoms. The summed E-state index contributed by atoms with van der Waals surface area (Å²) in [5.41, 5.74) is 3.95. The van der Waals surface area contributed by atoms with E-state index in [4.69, 9.17) is 12.2 Å². The number of hydrogen-bond acceptors (Lipinski definition) is 2. The van der Waals surface area contributed by atoms with E-state index in [2.05, 4.69) is 12.1 Å². The third-order valence-electron chi connectivity index (χ3n) is 3.06. The van der Waals surface area contributed by atoms with Gasteiger partial charge in [-0.1, -0.05) is 49.5 Å². The number of phenolic OH excluding ortho intramolecular Hbond substituents is 1. The van der Waals surface area contributed by atoms with Gasteiger partial charge in [-0.15, -0.1) is 0 Å². The molecule has 2 aromatic carbocycles. The molecule has 0 aliphatic heterocycles. The highest BCUT2D eigenvalue weighted by Gasteiger charge is 2.11. The molecule has 92 valence electrons. The van der Waals surface area contributed by atoms with Crippen molar-refractivity contribution >= 4 is 17.1 Å². The summed E-state index contributed by atoms with van der Waals surface area (Å²) in [7, 11) is 0. The molecule has 0 unspecified atom stereocenters. The maximum atomic E-state index is 10.1. The predicted octanol–water partition coefficient (Wildman–Crippen LogP) is 4.36. The highest BCUT2D eigenvalue weighted by Crippen LogP contribution is 2.31. The van der Waals surface area contributed by atoms with E-state index >= 15 is 0 Å². The average molecular weight is 256 g/mol. The van der Waals surface area contributed by atoms with Crippen LogP contribution in [0, 0.1) is 0 Å². The van der Waals surface area contributed by atoms with Crippen LogP contribution in [0.25, 0.3) is 11.1 Å². The average Bonchev–Trinajstić information content (AvgIpc) is 2.39. The Bertz CT molecular complexity index is 573. The summed E-state index contributed by atoms with van der Waals surface area (Å²) in [5.74, 6) is 0.324. The maximum absolute atomic E-state index is 10.1. The van der Waals surface area contributed by atoms with Gasteiger partial charge in [0.1, 0.15) is 5.75 Å². The van der Waals surface area contributed by atoms with Gasteiger partial charge >= 0.3 is 0 Å². The first-order valence-corrected chi connectivity index (χ1v) is 6.46. The largest absolute Gasteiger partial charge is 0.507 e. The molecule has 0 spiro atoms. The molecule has 0 aliphatic carbocycles. The molecule has 0 aliphatic rings. The Hall–Kier alpha value is -1.67. The van der Waals surface area contributed by atoms with Crippen molar-refractivity contribution in [2.24, 2.45) is 0 Å². The van der Waals surface area contributed by atoms with Crippen LogP contribution in [0.15, 0.2) is 42.5 Å². The zero-order valence-electron chi connectivity index (χ0n) is 10.6. The number of aromatic hydroxyl groups is 1. The third-order valence-corrected chi connectivity index (χ3v) is 3.28. The lowest BCUT2D eigenvalue weighted by atomic mass is 9.96. The van der Waals surface area contributed by atoms with Gasteiger partial charge in [0.15, 0.2) is 0 Å². The van der Waals surface area contributed by atoms with Crippen molar-refractivity contribution in [3.05, 3.63) is 53.6 Å². The molecule has 2 aromatic rings. The summed E-state index contributed by atoms with van der Waals surface area (Å²) in [6, 6.07) is 14.1. The SMILES string of the molecule is CCc1cc(-c2ccccc2)cc(C(C)=S)c1O. The molecule has 0 saturated heterocycles. The number of phenols is 1. The Labute approximate surface area is 113 Å². The van der Waals surface area contributed by atoms with E-state index in [9.17, 15) is 5.11 Å². The van der Waals surface area contributed by atoms with Crippen LogP contribution >= 0.6 is 12.2 Å². The van der Waals surface area contributed by atoms with E-state index in [0.29, 0.717) is 5.75 Å². The molecular weight excluding hydrogens is 240 g/mol. The van der Waals surface area contributed by atoms with E-state index < -0.39 is 0 Å². The number of thiocarbonyl (C=S) groups is 1. The minimum atomic E-state index is 0.324. The van der Waals surface area contributed by atoms with Crippen molar-refractivity contribution in [3.63, 3.8) is 0 Å². The molecule has 2 rings (SSSR count). The fraction of sp³-hybridized carbons (Fsp3) is 0.188. The predicted molar refractivity (Wildman–Crippen MR) is 80.3 cm³/mol. The molecule has 18 heavy (non-hydrogen) atoms. The van der Waals surface area contributed by atoms with Gasteiger partial charge in [0, 0.05) is 10.4 Å². The minimum absolute atomic E-state index is 0.324. The van der Waals surface area contributed by atoms with Crippen molar-refractivity contribution in [1.29, 1.82) is 0 Å². The fourth-order valence-corrected chi connectivity index (χ4v) is 2.19. The first-order valence-electron chi connectivity index (χ1n) is 6.05. The Balaban J connectivity index is 2.63. The lowest BCUT2D eigenvalue weighted by molar-refractivity contribution is 0.468. The summed E-state index contributed by atoms with van der Waals surface area (Å²) in [5, 5.41) is 10.1. The summed E-state index contributed by atoms with van der Waals surface area (Å²) in [6.07, 6.45) is 0.794. The second-order valence-corrected chi connectivity index (χ2v) is 4.92. The fourth-order valence-electron chi connectivity index (χ4n) is 2.03. The molecule has 0 fully saturated rings. The van der Waals surface area contributed by atoms with Crippen LogP contribution in [0.1, 0.15) is 25.0 Å². The number of benzene rings is 2. The van der Waals surface area contributed by atoms with Gasteiger partial charge in [-0.2, -0.15) is 0 Å². The third kappa shape index (κ3) is 2.44. The first-order chi connectivity index (χ1) is 8.63. The Morgan fingerprint density at radius 2 is 1.78 bits per heavy atom. The van der Waals surface area contributed by atoms with Gasteiger partial charge in [-0.25, -0.2) is 0 Å². The van der Waals surface area contributed by atoms with Crippen LogP contribution in [0.4, 0.5) is 0 Å². The summed E-state index contributed by atoms with van der Waals surface area (Å²) in [6.45, 7) is 3.88. The molecule has 0 amide bonds. The van der Waals surface area contributed by atoms with Gasteiger partial charge in [-0.05, 0) is 42.2 Å². The van der Waals surface area contributed by atoms with Crippen molar-refractivity contribution < 1.29 is 5.11 Å². The molecular formula is C16H16OS. The lowest BCUT2D eigenvalue weighted by Crippen LogP contribution is -1.96. The van der Waals surface area contributed by atoms with E-state index in [1.54, 1.807) is 0 Å². The molecule has 0 aromatic heterocycles. The molecule has 0 atom stereocenters. The smallest absolute Gasteiger partial charge is 0.127 e. The quantitative estimate of drug-likeness (QED) is 0.650. The summed E-state index contributed by atoms with van der Waals surface area (Å²) >= 11 is 5.21. The molecule has 1 N–H and O–H groups in total. The second kappa shape index (κ2) is 5.32. The van der Waals surface area contributed by atoms with Gasteiger partial charge in [0.05, 0.1) is 0 Å². The normalized spacial score (nSPS) is 10.3. The maximum Gasteiger partial charge on any atom is 0.127 e. The minimum Gasteiger partial charge on any atom is -0.507 e. The van der Waals surface area contributed by atoms with Crippen LogP contribution in [0.2, 0.25) is 0 Å². The zero-order valence-corrected chi connectivity index (χ0v) is 11.4. The van der Waals surface area contributed by atoms with E-state index in [0.717, 1.165) is 33.5 Å². The first kappa shape index (κ1) is 12.8. The molecule has 1 nitrogen and oxygen atoms in total. The van der Waals surface area contributed by atoms with E-state index in [1.807, 2.05) is 44.2 Å². The van der Waals surface area contributed by atoms with Gasteiger partial charge in [0.25, 0.3) is 0 Å². The standard InChI is InChI=1S/C16H16OS/c1-3-12-9-14(13-7-5-4-6-8-13)10-15(11(2)18)16(12)17/h4-10,17H,3H2,1-2H3. The van der Waals surface area contributed by atoms with Gasteiger partial charge in [-0.3, -0.25) is 0 Å². The van der Waals surface area contributed by atoms with Gasteiger partial charge in [0.2, 0.25) is 0 Å². The lowest BCUT2D eigenvalue weighted by Gasteiger charge is -2.11. The second-order valence-electron chi connectivity index (χ2n) is 4.31. The van der Waals surface area contributed by atoms with Crippen molar-refractivity contribution in [1.82, 2.24) is 0 Å². The van der Waals surface area contributed by atoms with Crippen LogP contribution < -0.4 is 0 Å². The zero-order chi connectivity index (χ0) is 13.1. The number of aryl methyl sites for hydroxylation is 1. The van der Waals surface area contributed by atoms with E-state index in [-0.39, 0.29) is 0 Å². The number of rotatable bonds is 3. The van der Waals surface area contributed by atoms with Crippen molar-refractivity contribution in [2.75, 3.05) is 0 Å². The Morgan fingerprint density at radius 3 is 2.33 bits per heavy atom. The topological polar surface area (TPSA) is 20.2 Å². The Morgan fingerprint density at radius 1 is 1.11 bits per heavy atom. The molecule has 0 bridgehead atoms. The highest BCUT2D eigenvalue weighted by atomic mass is 32.1. The monoisotopic (exact) mass is 256 g/mol. The van der Waals surface area contributed by atoms with Crippen molar-refractivity contribution in [3.8, 4) is 16.9 Å². The van der Waals surface area contributed by atoms with E-state index in [1.165, 1.54) is 0 Å². The van der Waals surface area contributed by atoms with Crippen LogP contribution in [-0.4, -0.2) is 9.97 Å². The highest BCUT2D eigenvalue weighted by molar-refractivity contribution is 7.80. The van der Waals surface area contributed by atoms with Crippen molar-refractivity contribution in [2.45, 2.75) is 20.3 Å². The van der Waals surface area contributed by atoms with Gasteiger partial charge < -0.3 is 5.11 Å². The summed E-state index contributed by atoms with van der Waals surface area (Å²) < 4.78 is 0. The van der Waals surface area contributed by atoms with Crippen LogP contribution in [-0.2, 0) is 6.42 Å². The molecule has 0 saturated carbocycles. The molecule has 0 heterocycles. The van der Waals surface area contributed by atoms with Crippen LogP contribution in [0.5, 0.6) is 5.75 Å². The van der Waals surface area contributed by atoms with Crippen LogP contribution in [0.3, 0.4) is 0 Å². The summed E-state index contributed by atoms with van der Waals surface area (Å²) in [4.78, 5) is 0.722.